The van der Waals surface area contributed by atoms with E-state index in [2.05, 4.69) is 5.32 Å². The van der Waals surface area contributed by atoms with Crippen molar-refractivity contribution in [3.8, 4) is 5.75 Å². The molecule has 3 nitrogen and oxygen atoms in total. The van der Waals surface area contributed by atoms with Crippen molar-refractivity contribution in [2.75, 3.05) is 19.9 Å². The molecule has 0 bridgehead atoms. The fourth-order valence-electron chi connectivity index (χ4n) is 1.42. The van der Waals surface area contributed by atoms with Gasteiger partial charge in [-0.05, 0) is 19.1 Å². The Labute approximate surface area is 110 Å². The van der Waals surface area contributed by atoms with E-state index in [9.17, 15) is 4.21 Å². The predicted molar refractivity (Wildman–Crippen MR) is 73.2 cm³/mol. The van der Waals surface area contributed by atoms with Crippen molar-refractivity contribution in [1.29, 1.82) is 0 Å². The van der Waals surface area contributed by atoms with Crippen LogP contribution in [-0.4, -0.2) is 29.4 Å². The predicted octanol–water partition coefficient (Wildman–Crippen LogP) is 2.21. The van der Waals surface area contributed by atoms with Crippen LogP contribution >= 0.6 is 11.6 Å². The first-order valence-corrected chi connectivity index (χ1v) is 7.40. The van der Waals surface area contributed by atoms with Gasteiger partial charge in [0.1, 0.15) is 5.75 Å². The van der Waals surface area contributed by atoms with Gasteiger partial charge in [-0.2, -0.15) is 0 Å². The Bertz CT molecular complexity index is 398. The van der Waals surface area contributed by atoms with Crippen molar-refractivity contribution in [3.63, 3.8) is 0 Å². The molecule has 0 heterocycles. The zero-order valence-corrected chi connectivity index (χ0v) is 11.9. The normalized spacial score (nSPS) is 14.4. The number of benzene rings is 1. The second-order valence-electron chi connectivity index (χ2n) is 3.86. The fourth-order valence-corrected chi connectivity index (χ4v) is 2.00. The van der Waals surface area contributed by atoms with Crippen LogP contribution in [0.4, 0.5) is 0 Å². The van der Waals surface area contributed by atoms with E-state index in [4.69, 9.17) is 16.3 Å². The summed E-state index contributed by atoms with van der Waals surface area (Å²) in [7, 11) is 0.816. The Hall–Kier alpha value is -0.580. The number of ether oxygens (including phenoxy) is 1. The molecular weight excluding hydrogens is 258 g/mol. The molecule has 5 heteroatoms. The second-order valence-corrected chi connectivity index (χ2v) is 6.07. The van der Waals surface area contributed by atoms with Crippen molar-refractivity contribution < 1.29 is 8.95 Å². The average Bonchev–Trinajstić information content (AvgIpc) is 2.30. The molecule has 1 aromatic carbocycles. The zero-order valence-electron chi connectivity index (χ0n) is 10.3. The van der Waals surface area contributed by atoms with Gasteiger partial charge >= 0.3 is 0 Å². The highest BCUT2D eigenvalue weighted by atomic mass is 35.5. The molecule has 0 aromatic heterocycles. The first-order chi connectivity index (χ1) is 8.06. The van der Waals surface area contributed by atoms with E-state index in [1.807, 2.05) is 25.1 Å². The summed E-state index contributed by atoms with van der Waals surface area (Å²) in [5.41, 5.74) is 0.936. The number of rotatable bonds is 6. The highest BCUT2D eigenvalue weighted by molar-refractivity contribution is 7.84. The van der Waals surface area contributed by atoms with Crippen LogP contribution < -0.4 is 10.1 Å². The van der Waals surface area contributed by atoms with Crippen LogP contribution in [0.2, 0.25) is 5.02 Å². The molecular formula is C12H18ClNO2S. The standard InChI is InChI=1S/C12H18ClNO2S/c1-9(17(3)15)7-14-8-10-11(13)5-4-6-12(10)16-2/h4-6,9,14H,7-8H2,1-3H3. The monoisotopic (exact) mass is 275 g/mol. The SMILES string of the molecule is COc1cccc(Cl)c1CNCC(C)S(C)=O. The Kier molecular flexibility index (Phi) is 5.95. The molecule has 0 saturated heterocycles. The molecule has 2 atom stereocenters. The molecule has 17 heavy (non-hydrogen) atoms. The minimum atomic E-state index is -0.807. The van der Waals surface area contributed by atoms with Crippen molar-refractivity contribution in [2.45, 2.75) is 18.7 Å². The van der Waals surface area contributed by atoms with Crippen LogP contribution in [0.1, 0.15) is 12.5 Å². The van der Waals surface area contributed by atoms with Gasteiger partial charge in [-0.1, -0.05) is 17.7 Å². The molecule has 1 aromatic rings. The third-order valence-corrected chi connectivity index (χ3v) is 4.25. The van der Waals surface area contributed by atoms with E-state index in [1.165, 1.54) is 0 Å². The highest BCUT2D eigenvalue weighted by Gasteiger charge is 2.09. The molecule has 0 aliphatic rings. The topological polar surface area (TPSA) is 38.3 Å². The third-order valence-electron chi connectivity index (χ3n) is 2.60. The lowest BCUT2D eigenvalue weighted by atomic mass is 10.2. The van der Waals surface area contributed by atoms with Gasteiger partial charge in [0.25, 0.3) is 0 Å². The van der Waals surface area contributed by atoms with E-state index in [1.54, 1.807) is 13.4 Å². The zero-order chi connectivity index (χ0) is 12.8. The summed E-state index contributed by atoms with van der Waals surface area (Å²) < 4.78 is 16.4. The van der Waals surface area contributed by atoms with Gasteiger partial charge in [-0.15, -0.1) is 0 Å². The van der Waals surface area contributed by atoms with Crippen molar-refractivity contribution in [2.24, 2.45) is 0 Å². The van der Waals surface area contributed by atoms with Gasteiger partial charge in [-0.25, -0.2) is 0 Å². The molecule has 0 amide bonds. The maximum absolute atomic E-state index is 11.2. The van der Waals surface area contributed by atoms with E-state index in [-0.39, 0.29) is 5.25 Å². The summed E-state index contributed by atoms with van der Waals surface area (Å²) >= 11 is 6.11. The summed E-state index contributed by atoms with van der Waals surface area (Å²) in [5.74, 6) is 0.773. The van der Waals surface area contributed by atoms with E-state index < -0.39 is 10.8 Å². The fraction of sp³-hybridized carbons (Fsp3) is 0.500. The van der Waals surface area contributed by atoms with Crippen molar-refractivity contribution in [1.82, 2.24) is 5.32 Å². The summed E-state index contributed by atoms with van der Waals surface area (Å²) in [6, 6.07) is 5.57. The molecule has 2 unspecified atom stereocenters. The van der Waals surface area contributed by atoms with Gasteiger partial charge in [0.15, 0.2) is 0 Å². The van der Waals surface area contributed by atoms with Crippen molar-refractivity contribution in [3.05, 3.63) is 28.8 Å². The number of halogens is 1. The lowest BCUT2D eigenvalue weighted by molar-refractivity contribution is 0.408. The van der Waals surface area contributed by atoms with Crippen LogP contribution in [0, 0.1) is 0 Å². The average molecular weight is 276 g/mol. The number of methoxy groups -OCH3 is 1. The molecule has 0 aliphatic carbocycles. The molecule has 96 valence electrons. The van der Waals surface area contributed by atoms with Gasteiger partial charge in [0.2, 0.25) is 0 Å². The first-order valence-electron chi connectivity index (χ1n) is 5.40. The van der Waals surface area contributed by atoms with Gasteiger partial charge in [0, 0.05) is 46.0 Å². The molecule has 0 radical (unpaired) electrons. The molecule has 0 saturated carbocycles. The number of hydrogen-bond donors (Lipinski definition) is 1. The van der Waals surface area contributed by atoms with Gasteiger partial charge in [0.05, 0.1) is 7.11 Å². The smallest absolute Gasteiger partial charge is 0.124 e. The molecule has 1 rings (SSSR count). The maximum Gasteiger partial charge on any atom is 0.124 e. The number of hydrogen-bond acceptors (Lipinski definition) is 3. The van der Waals surface area contributed by atoms with E-state index >= 15 is 0 Å². The van der Waals surface area contributed by atoms with Crippen LogP contribution in [0.15, 0.2) is 18.2 Å². The lowest BCUT2D eigenvalue weighted by Crippen LogP contribution is -2.27. The Morgan fingerprint density at radius 2 is 2.24 bits per heavy atom. The Balaban J connectivity index is 2.60. The van der Waals surface area contributed by atoms with Crippen molar-refractivity contribution >= 4 is 22.4 Å². The van der Waals surface area contributed by atoms with Crippen LogP contribution in [0.3, 0.4) is 0 Å². The maximum atomic E-state index is 11.2. The quantitative estimate of drug-likeness (QED) is 0.865. The largest absolute Gasteiger partial charge is 0.496 e. The van der Waals surface area contributed by atoms with E-state index in [0.717, 1.165) is 11.3 Å². The van der Waals surface area contributed by atoms with E-state index in [0.29, 0.717) is 18.1 Å². The summed E-state index contributed by atoms with van der Waals surface area (Å²) in [5, 5.41) is 4.05. The summed E-state index contributed by atoms with van der Waals surface area (Å²) in [6.45, 7) is 3.26. The van der Waals surface area contributed by atoms with Gasteiger partial charge in [-0.3, -0.25) is 4.21 Å². The number of nitrogens with one attached hydrogen (secondary N) is 1. The molecule has 1 N–H and O–H groups in total. The minimum absolute atomic E-state index is 0.128. The minimum Gasteiger partial charge on any atom is -0.496 e. The Morgan fingerprint density at radius 3 is 2.82 bits per heavy atom. The molecule has 0 spiro atoms. The third kappa shape index (κ3) is 4.30. The molecule has 0 fully saturated rings. The van der Waals surface area contributed by atoms with Crippen LogP contribution in [-0.2, 0) is 17.3 Å². The highest BCUT2D eigenvalue weighted by Crippen LogP contribution is 2.25. The summed E-state index contributed by atoms with van der Waals surface area (Å²) in [4.78, 5) is 0. The lowest BCUT2D eigenvalue weighted by Gasteiger charge is -2.13. The first kappa shape index (κ1) is 14.5. The van der Waals surface area contributed by atoms with Gasteiger partial charge < -0.3 is 10.1 Å². The summed E-state index contributed by atoms with van der Waals surface area (Å²) in [6.07, 6.45) is 1.71. The Morgan fingerprint density at radius 1 is 1.53 bits per heavy atom. The van der Waals surface area contributed by atoms with Crippen LogP contribution in [0.25, 0.3) is 0 Å². The van der Waals surface area contributed by atoms with Crippen LogP contribution in [0.5, 0.6) is 5.75 Å². The second kappa shape index (κ2) is 6.99. The molecule has 0 aliphatic heterocycles.